The van der Waals surface area contributed by atoms with Crippen LogP contribution in [0.15, 0.2) is 72.8 Å². The summed E-state index contributed by atoms with van der Waals surface area (Å²) in [5, 5.41) is 5.86. The molecule has 4 aromatic carbocycles. The molecule has 2 saturated heterocycles. The quantitative estimate of drug-likeness (QED) is 0.187. The van der Waals surface area contributed by atoms with Crippen LogP contribution in [0.3, 0.4) is 0 Å². The molecule has 2 fully saturated rings. The molecular weight excluding hydrogens is 650 g/mol. The van der Waals surface area contributed by atoms with Crippen molar-refractivity contribution in [2.75, 3.05) is 60.0 Å². The predicted octanol–water partition coefficient (Wildman–Crippen LogP) is 7.85. The van der Waals surface area contributed by atoms with Crippen LogP contribution in [0.5, 0.6) is 11.5 Å². The van der Waals surface area contributed by atoms with Crippen molar-refractivity contribution < 1.29 is 35.7 Å². The Bertz CT molecular complexity index is 1520. The number of hydrogen-bond acceptors (Lipinski definition) is 6. The summed E-state index contributed by atoms with van der Waals surface area (Å²) in [7, 11) is 3.50. The first kappa shape index (κ1) is 33.9. The number of anilines is 4. The van der Waals surface area contributed by atoms with Crippen LogP contribution in [0.25, 0.3) is 5.32 Å². The molecule has 240 valence electrons. The SMILES string of the molecule is COc1ccccc1N1CCN(c2c(C)cc(C)cc2C)C1[N-]C1N(c2ccccc2OC)CCN1c1c(C)cc(C)cc1C.[Zr]. The predicted molar refractivity (Wildman–Crippen MR) is 188 cm³/mol. The van der Waals surface area contributed by atoms with E-state index in [2.05, 4.69) is 110 Å². The van der Waals surface area contributed by atoms with E-state index in [1.165, 1.54) is 44.8 Å². The van der Waals surface area contributed by atoms with Crippen LogP contribution in [-0.2, 0) is 26.2 Å². The minimum atomic E-state index is -0.268. The summed E-state index contributed by atoms with van der Waals surface area (Å²) in [4.78, 5) is 9.79. The van der Waals surface area contributed by atoms with Crippen molar-refractivity contribution in [1.29, 1.82) is 0 Å². The molecule has 2 aliphatic heterocycles. The van der Waals surface area contributed by atoms with Crippen molar-refractivity contribution in [2.24, 2.45) is 0 Å². The average molecular weight is 696 g/mol. The number of benzene rings is 4. The van der Waals surface area contributed by atoms with E-state index in [1.807, 2.05) is 24.3 Å². The third-order valence-electron chi connectivity index (χ3n) is 9.18. The fraction of sp³-hybridized carbons (Fsp3) is 0.368. The Kier molecular flexibility index (Phi) is 10.4. The molecule has 4 aromatic rings. The first-order valence-electron chi connectivity index (χ1n) is 15.9. The maximum absolute atomic E-state index is 5.89. The van der Waals surface area contributed by atoms with E-state index < -0.39 is 0 Å². The largest absolute Gasteiger partial charge is 0.587 e. The summed E-state index contributed by atoms with van der Waals surface area (Å²) >= 11 is 0. The van der Waals surface area contributed by atoms with Gasteiger partial charge >= 0.3 is 0 Å². The van der Waals surface area contributed by atoms with E-state index in [4.69, 9.17) is 14.8 Å². The van der Waals surface area contributed by atoms with E-state index in [0.717, 1.165) is 49.1 Å². The molecule has 0 aliphatic carbocycles. The van der Waals surface area contributed by atoms with Crippen molar-refractivity contribution in [3.05, 3.63) is 111 Å². The first-order chi connectivity index (χ1) is 21.7. The van der Waals surface area contributed by atoms with Gasteiger partial charge in [-0.05, 0) is 88.1 Å². The van der Waals surface area contributed by atoms with Crippen LogP contribution in [0.2, 0.25) is 0 Å². The monoisotopic (exact) mass is 694 g/mol. The second-order valence-electron chi connectivity index (χ2n) is 12.5. The van der Waals surface area contributed by atoms with Crippen LogP contribution in [0.4, 0.5) is 22.7 Å². The summed E-state index contributed by atoms with van der Waals surface area (Å²) in [6.45, 7) is 16.6. The second kappa shape index (κ2) is 14.1. The van der Waals surface area contributed by atoms with Gasteiger partial charge < -0.3 is 34.4 Å². The van der Waals surface area contributed by atoms with E-state index >= 15 is 0 Å². The van der Waals surface area contributed by atoms with Gasteiger partial charge in [0.05, 0.1) is 25.6 Å². The average Bonchev–Trinajstić information content (AvgIpc) is 3.60. The Morgan fingerprint density at radius 1 is 0.522 bits per heavy atom. The molecule has 0 radical (unpaired) electrons. The summed E-state index contributed by atoms with van der Waals surface area (Å²) in [5.74, 6) is 1.71. The molecule has 8 heteroatoms. The van der Waals surface area contributed by atoms with Crippen molar-refractivity contribution >= 4 is 22.7 Å². The Labute approximate surface area is 294 Å². The van der Waals surface area contributed by atoms with Gasteiger partial charge in [0, 0.05) is 76.3 Å². The Balaban J connectivity index is 0.00000417. The summed E-state index contributed by atoms with van der Waals surface area (Å²) in [6.07, 6.45) is -0.537. The van der Waals surface area contributed by atoms with Gasteiger partial charge in [0.15, 0.2) is 0 Å². The molecule has 0 spiro atoms. The maximum Gasteiger partial charge on any atom is 0.142 e. The van der Waals surface area contributed by atoms with Gasteiger partial charge in [-0.3, -0.25) is 0 Å². The van der Waals surface area contributed by atoms with Crippen LogP contribution >= 0.6 is 0 Å². The van der Waals surface area contributed by atoms with Crippen molar-refractivity contribution in [2.45, 2.75) is 54.1 Å². The first-order valence-corrected chi connectivity index (χ1v) is 15.9. The van der Waals surface area contributed by atoms with E-state index in [-0.39, 0.29) is 38.8 Å². The molecular formula is C38H46N5O2Zr-. The zero-order valence-corrected chi connectivity index (χ0v) is 30.9. The van der Waals surface area contributed by atoms with Gasteiger partial charge in [-0.2, -0.15) is 0 Å². The fourth-order valence-corrected chi connectivity index (χ4v) is 7.60. The Morgan fingerprint density at radius 3 is 1.20 bits per heavy atom. The van der Waals surface area contributed by atoms with Gasteiger partial charge in [-0.15, -0.1) is 0 Å². The number of rotatable bonds is 8. The number of hydrogen-bond donors (Lipinski definition) is 0. The smallest absolute Gasteiger partial charge is 0.142 e. The molecule has 0 aromatic heterocycles. The third-order valence-corrected chi connectivity index (χ3v) is 9.18. The number of para-hydroxylation sites is 4. The molecule has 0 N–H and O–H groups in total. The number of methoxy groups -OCH3 is 2. The molecule has 0 bridgehead atoms. The van der Waals surface area contributed by atoms with Gasteiger partial charge in [0.1, 0.15) is 11.5 Å². The van der Waals surface area contributed by atoms with E-state index in [1.54, 1.807) is 14.2 Å². The molecule has 6 rings (SSSR count). The molecule has 0 saturated carbocycles. The summed E-state index contributed by atoms with van der Waals surface area (Å²) < 4.78 is 11.8. The van der Waals surface area contributed by atoms with Crippen LogP contribution in [-0.4, -0.2) is 53.0 Å². The minimum absolute atomic E-state index is 0. The van der Waals surface area contributed by atoms with Crippen LogP contribution in [0, 0.1) is 41.5 Å². The van der Waals surface area contributed by atoms with Crippen molar-refractivity contribution in [1.82, 2.24) is 0 Å². The van der Waals surface area contributed by atoms with Crippen molar-refractivity contribution in [3.8, 4) is 11.5 Å². The minimum Gasteiger partial charge on any atom is -0.587 e. The standard InChI is InChI=1S/C38H46N5O2.Zr/c1-25-21-27(3)35(28(4)22-25)42-19-17-40(31-13-9-11-15-33(31)44-7)37(42)39-38-41(32-14-10-12-16-34(32)45-8)18-20-43(38)36-29(5)23-26(2)24-30(36)6;/h9-16,21-24,37-38H,17-20H2,1-8H3;/q-1;. The molecule has 7 nitrogen and oxygen atoms in total. The van der Waals surface area contributed by atoms with Crippen LogP contribution in [0.1, 0.15) is 33.4 Å². The van der Waals surface area contributed by atoms with Gasteiger partial charge in [0.25, 0.3) is 0 Å². The van der Waals surface area contributed by atoms with E-state index in [9.17, 15) is 0 Å². The zero-order chi connectivity index (χ0) is 31.8. The normalized spacial score (nSPS) is 17.8. The topological polar surface area (TPSA) is 45.5 Å². The molecule has 2 aliphatic rings. The zero-order valence-electron chi connectivity index (χ0n) is 28.5. The number of ether oxygens (including phenoxy) is 2. The fourth-order valence-electron chi connectivity index (χ4n) is 7.60. The molecule has 2 heterocycles. The van der Waals surface area contributed by atoms with Gasteiger partial charge in [-0.25, -0.2) is 0 Å². The van der Waals surface area contributed by atoms with Gasteiger partial charge in [0.2, 0.25) is 0 Å². The maximum atomic E-state index is 5.89. The van der Waals surface area contributed by atoms with E-state index in [0.29, 0.717) is 0 Å². The molecule has 0 amide bonds. The number of nitrogens with zero attached hydrogens (tertiary/aromatic N) is 5. The van der Waals surface area contributed by atoms with Crippen LogP contribution < -0.4 is 29.1 Å². The van der Waals surface area contributed by atoms with Gasteiger partial charge in [-0.1, -0.05) is 59.7 Å². The Morgan fingerprint density at radius 2 is 0.848 bits per heavy atom. The second-order valence-corrected chi connectivity index (χ2v) is 12.5. The molecule has 2 atom stereocenters. The number of aryl methyl sites for hydroxylation is 6. The third kappa shape index (κ3) is 6.26. The molecule has 46 heavy (non-hydrogen) atoms. The van der Waals surface area contributed by atoms with Crippen molar-refractivity contribution in [3.63, 3.8) is 0 Å². The summed E-state index contributed by atoms with van der Waals surface area (Å²) in [6, 6.07) is 25.8. The molecule has 2 unspecified atom stereocenters. The summed E-state index contributed by atoms with van der Waals surface area (Å²) in [5.41, 5.74) is 12.2. The Hall–Kier alpha value is -3.48.